The van der Waals surface area contributed by atoms with Gasteiger partial charge in [-0.1, -0.05) is 51.3 Å². The molecule has 0 aliphatic rings. The highest BCUT2D eigenvalue weighted by Crippen LogP contribution is 2.24. The maximum atomic E-state index is 12.2. The SMILES string of the molecule is O=C(c1cccc(Cl)c1)c1cc(Br)ccc1Cl. The third-order valence-corrected chi connectivity index (χ3v) is 3.32. The molecule has 0 spiro atoms. The van der Waals surface area contributed by atoms with E-state index in [-0.39, 0.29) is 5.78 Å². The highest BCUT2D eigenvalue weighted by atomic mass is 79.9. The summed E-state index contributed by atoms with van der Waals surface area (Å²) >= 11 is 15.2. The quantitative estimate of drug-likeness (QED) is 0.709. The van der Waals surface area contributed by atoms with Gasteiger partial charge in [-0.15, -0.1) is 0 Å². The second-order valence-corrected chi connectivity index (χ2v) is 5.22. The number of hydrogen-bond donors (Lipinski definition) is 0. The summed E-state index contributed by atoms with van der Waals surface area (Å²) in [4.78, 5) is 12.2. The summed E-state index contributed by atoms with van der Waals surface area (Å²) in [7, 11) is 0. The molecule has 0 aromatic heterocycles. The fourth-order valence-electron chi connectivity index (χ4n) is 1.46. The van der Waals surface area contributed by atoms with Gasteiger partial charge in [0.15, 0.2) is 5.78 Å². The van der Waals surface area contributed by atoms with Crippen molar-refractivity contribution in [3.05, 3.63) is 68.1 Å². The van der Waals surface area contributed by atoms with Gasteiger partial charge in [-0.25, -0.2) is 0 Å². The van der Waals surface area contributed by atoms with Gasteiger partial charge in [0.25, 0.3) is 0 Å². The molecule has 1 nitrogen and oxygen atoms in total. The second-order valence-electron chi connectivity index (χ2n) is 3.46. The Morgan fingerprint density at radius 3 is 2.53 bits per heavy atom. The van der Waals surface area contributed by atoms with Gasteiger partial charge in [0.1, 0.15) is 0 Å². The second kappa shape index (κ2) is 5.21. The number of carbonyl (C=O) groups excluding carboxylic acids is 1. The molecule has 86 valence electrons. The maximum absolute atomic E-state index is 12.2. The van der Waals surface area contributed by atoms with Crippen LogP contribution in [0.15, 0.2) is 46.9 Å². The molecule has 0 aliphatic heterocycles. The highest BCUT2D eigenvalue weighted by molar-refractivity contribution is 9.10. The Balaban J connectivity index is 2.47. The molecule has 0 fully saturated rings. The lowest BCUT2D eigenvalue weighted by Gasteiger charge is -2.04. The fourth-order valence-corrected chi connectivity index (χ4v) is 2.21. The van der Waals surface area contributed by atoms with Crippen molar-refractivity contribution in [3.63, 3.8) is 0 Å². The molecule has 0 amide bonds. The summed E-state index contributed by atoms with van der Waals surface area (Å²) in [5.41, 5.74) is 0.987. The van der Waals surface area contributed by atoms with E-state index in [0.717, 1.165) is 4.47 Å². The van der Waals surface area contributed by atoms with Crippen molar-refractivity contribution in [2.75, 3.05) is 0 Å². The summed E-state index contributed by atoms with van der Waals surface area (Å²) in [5.74, 6) is -0.140. The van der Waals surface area contributed by atoms with E-state index in [4.69, 9.17) is 23.2 Å². The zero-order chi connectivity index (χ0) is 12.4. The third kappa shape index (κ3) is 2.89. The molecule has 0 atom stereocenters. The Kier molecular flexibility index (Phi) is 3.87. The monoisotopic (exact) mass is 328 g/mol. The minimum absolute atomic E-state index is 0.140. The molecular weight excluding hydrogens is 323 g/mol. The van der Waals surface area contributed by atoms with Crippen molar-refractivity contribution in [2.45, 2.75) is 0 Å². The first-order valence-electron chi connectivity index (χ1n) is 4.83. The number of benzene rings is 2. The number of hydrogen-bond acceptors (Lipinski definition) is 1. The molecule has 17 heavy (non-hydrogen) atoms. The third-order valence-electron chi connectivity index (χ3n) is 2.26. The van der Waals surface area contributed by atoms with Crippen molar-refractivity contribution in [1.29, 1.82) is 0 Å². The van der Waals surface area contributed by atoms with Crippen LogP contribution >= 0.6 is 39.1 Å². The molecule has 0 unspecified atom stereocenters. The number of halogens is 3. The molecule has 2 aromatic rings. The molecule has 0 N–H and O–H groups in total. The van der Waals surface area contributed by atoms with Gasteiger partial charge in [0.2, 0.25) is 0 Å². The average molecular weight is 330 g/mol. The van der Waals surface area contributed by atoms with Crippen LogP contribution in [-0.2, 0) is 0 Å². The van der Waals surface area contributed by atoms with Gasteiger partial charge in [-0.3, -0.25) is 4.79 Å². The van der Waals surface area contributed by atoms with Gasteiger partial charge in [0, 0.05) is 20.6 Å². The maximum Gasteiger partial charge on any atom is 0.194 e. The predicted octanol–water partition coefficient (Wildman–Crippen LogP) is 4.99. The van der Waals surface area contributed by atoms with Crippen molar-refractivity contribution in [1.82, 2.24) is 0 Å². The summed E-state index contributed by atoms with van der Waals surface area (Å²) in [6.45, 7) is 0. The average Bonchev–Trinajstić information content (AvgIpc) is 2.31. The van der Waals surface area contributed by atoms with Crippen LogP contribution in [0.25, 0.3) is 0 Å². The van der Waals surface area contributed by atoms with Crippen LogP contribution in [0.5, 0.6) is 0 Å². The van der Waals surface area contributed by atoms with E-state index in [1.807, 2.05) is 0 Å². The normalized spacial score (nSPS) is 10.3. The fraction of sp³-hybridized carbons (Fsp3) is 0. The highest BCUT2D eigenvalue weighted by Gasteiger charge is 2.13. The molecule has 0 radical (unpaired) electrons. The molecule has 0 bridgehead atoms. The molecule has 2 aromatic carbocycles. The molecule has 0 heterocycles. The Hall–Kier alpha value is -0.830. The first kappa shape index (κ1) is 12.6. The summed E-state index contributed by atoms with van der Waals surface area (Å²) < 4.78 is 0.812. The predicted molar refractivity (Wildman–Crippen MR) is 74.0 cm³/mol. The minimum Gasteiger partial charge on any atom is -0.289 e. The first-order valence-corrected chi connectivity index (χ1v) is 6.38. The van der Waals surface area contributed by atoms with Crippen molar-refractivity contribution in [3.8, 4) is 0 Å². The zero-order valence-electron chi connectivity index (χ0n) is 8.58. The molecule has 2 rings (SSSR count). The zero-order valence-corrected chi connectivity index (χ0v) is 11.7. The number of ketones is 1. The van der Waals surface area contributed by atoms with E-state index >= 15 is 0 Å². The van der Waals surface area contributed by atoms with Crippen molar-refractivity contribution in [2.24, 2.45) is 0 Å². The molecule has 0 saturated carbocycles. The van der Waals surface area contributed by atoms with Crippen LogP contribution in [0, 0.1) is 0 Å². The van der Waals surface area contributed by atoms with Gasteiger partial charge < -0.3 is 0 Å². The van der Waals surface area contributed by atoms with Gasteiger partial charge >= 0.3 is 0 Å². The summed E-state index contributed by atoms with van der Waals surface area (Å²) in [6, 6.07) is 12.0. The largest absolute Gasteiger partial charge is 0.289 e. The Morgan fingerprint density at radius 1 is 1.06 bits per heavy atom. The van der Waals surface area contributed by atoms with Gasteiger partial charge in [-0.05, 0) is 30.3 Å². The number of carbonyl (C=O) groups is 1. The summed E-state index contributed by atoms with van der Waals surface area (Å²) in [5, 5.41) is 0.958. The van der Waals surface area contributed by atoms with E-state index in [1.165, 1.54) is 0 Å². The van der Waals surface area contributed by atoms with Crippen LogP contribution in [0.4, 0.5) is 0 Å². The lowest BCUT2D eigenvalue weighted by Crippen LogP contribution is -2.02. The lowest BCUT2D eigenvalue weighted by molar-refractivity contribution is 0.103. The van der Waals surface area contributed by atoms with Crippen molar-refractivity contribution >= 4 is 44.9 Å². The standard InChI is InChI=1S/C13H7BrCl2O/c14-9-4-5-12(16)11(7-9)13(17)8-2-1-3-10(15)6-8/h1-7H. The van der Waals surface area contributed by atoms with Crippen LogP contribution < -0.4 is 0 Å². The van der Waals surface area contributed by atoms with Crippen LogP contribution in [0.2, 0.25) is 10.0 Å². The molecular formula is C13H7BrCl2O. The smallest absolute Gasteiger partial charge is 0.194 e. The van der Waals surface area contributed by atoms with E-state index < -0.39 is 0 Å². The minimum atomic E-state index is -0.140. The Morgan fingerprint density at radius 2 is 1.82 bits per heavy atom. The van der Waals surface area contributed by atoms with Gasteiger partial charge in [-0.2, -0.15) is 0 Å². The van der Waals surface area contributed by atoms with Gasteiger partial charge in [0.05, 0.1) is 5.02 Å². The first-order chi connectivity index (χ1) is 8.08. The van der Waals surface area contributed by atoms with E-state index in [2.05, 4.69) is 15.9 Å². The van der Waals surface area contributed by atoms with Crippen LogP contribution in [-0.4, -0.2) is 5.78 Å². The Bertz CT molecular complexity index is 581. The Labute approximate surface area is 117 Å². The number of rotatable bonds is 2. The van der Waals surface area contributed by atoms with Crippen molar-refractivity contribution < 1.29 is 4.79 Å². The van der Waals surface area contributed by atoms with E-state index in [1.54, 1.807) is 42.5 Å². The molecule has 0 saturated heterocycles. The van der Waals surface area contributed by atoms with Crippen LogP contribution in [0.1, 0.15) is 15.9 Å². The van der Waals surface area contributed by atoms with E-state index in [0.29, 0.717) is 21.2 Å². The molecule has 4 heteroatoms. The van der Waals surface area contributed by atoms with Crippen LogP contribution in [0.3, 0.4) is 0 Å². The van der Waals surface area contributed by atoms with E-state index in [9.17, 15) is 4.79 Å². The summed E-state index contributed by atoms with van der Waals surface area (Å²) in [6.07, 6.45) is 0. The molecule has 0 aliphatic carbocycles. The lowest BCUT2D eigenvalue weighted by atomic mass is 10.0. The topological polar surface area (TPSA) is 17.1 Å².